The first-order valence-corrected chi connectivity index (χ1v) is 9.75. The van der Waals surface area contributed by atoms with Crippen molar-refractivity contribution in [2.75, 3.05) is 31.2 Å². The molecule has 1 saturated heterocycles. The maximum absolute atomic E-state index is 12.4. The zero-order valence-electron chi connectivity index (χ0n) is 14.7. The number of aryl methyl sites for hydroxylation is 1. The Morgan fingerprint density at radius 2 is 2.00 bits per heavy atom. The molecule has 1 N–H and O–H groups in total. The molecular weight excluding hydrogens is 374 g/mol. The highest BCUT2D eigenvalue weighted by Crippen LogP contribution is 2.18. The van der Waals surface area contributed by atoms with E-state index in [1.54, 1.807) is 0 Å². The number of hydrogen-bond donors (Lipinski definition) is 1. The van der Waals surface area contributed by atoms with Crippen LogP contribution in [0.15, 0.2) is 35.2 Å². The number of nitrogens with one attached hydrogen (secondary N) is 1. The summed E-state index contributed by atoms with van der Waals surface area (Å²) >= 11 is 0. The van der Waals surface area contributed by atoms with Gasteiger partial charge < -0.3 is 9.64 Å². The van der Waals surface area contributed by atoms with Crippen LogP contribution in [0.1, 0.15) is 11.5 Å². The van der Waals surface area contributed by atoms with Crippen LogP contribution in [0.4, 0.5) is 11.5 Å². The van der Waals surface area contributed by atoms with Gasteiger partial charge in [-0.3, -0.25) is 10.1 Å². The van der Waals surface area contributed by atoms with Gasteiger partial charge in [-0.1, -0.05) is 6.07 Å². The summed E-state index contributed by atoms with van der Waals surface area (Å²) in [6.07, 6.45) is 0. The minimum Gasteiger partial charge on any atom is -0.378 e. The molecule has 1 fully saturated rings. The molecule has 1 aromatic carbocycles. The number of hydrogen-bond acceptors (Lipinski definition) is 8. The summed E-state index contributed by atoms with van der Waals surface area (Å²) in [5.41, 5.74) is 0.426. The number of nitro groups is 1. The molecule has 10 nitrogen and oxygen atoms in total. The molecule has 0 spiro atoms. The standard InChI is InChI=1S/C16H19N5O5S/c1-12-9-16(20-5-7-26-8-6-20)19-15(18-12)11-17-27(24,25)14-4-2-3-13(10-14)21(22)23/h2-4,9-10,17H,5-8,11H2,1H3. The third kappa shape index (κ3) is 4.76. The second-order valence-electron chi connectivity index (χ2n) is 5.96. The Kier molecular flexibility index (Phi) is 5.63. The second kappa shape index (κ2) is 7.94. The van der Waals surface area contributed by atoms with Crippen molar-refractivity contribution in [3.05, 3.63) is 52.0 Å². The minimum atomic E-state index is -3.93. The Hall–Kier alpha value is -2.63. The molecule has 0 saturated carbocycles. The van der Waals surface area contributed by atoms with E-state index in [0.29, 0.717) is 32.1 Å². The zero-order valence-corrected chi connectivity index (χ0v) is 15.5. The van der Waals surface area contributed by atoms with Crippen LogP contribution in [-0.4, -0.2) is 49.6 Å². The van der Waals surface area contributed by atoms with E-state index < -0.39 is 14.9 Å². The maximum atomic E-state index is 12.4. The van der Waals surface area contributed by atoms with E-state index in [2.05, 4.69) is 19.6 Å². The first kappa shape index (κ1) is 19.1. The van der Waals surface area contributed by atoms with Crippen molar-refractivity contribution in [1.29, 1.82) is 0 Å². The molecule has 144 valence electrons. The minimum absolute atomic E-state index is 0.121. The molecule has 2 aromatic rings. The number of ether oxygens (including phenoxy) is 1. The van der Waals surface area contributed by atoms with E-state index >= 15 is 0 Å². The first-order valence-electron chi connectivity index (χ1n) is 8.26. The molecule has 0 amide bonds. The highest BCUT2D eigenvalue weighted by Gasteiger charge is 2.19. The van der Waals surface area contributed by atoms with Crippen molar-refractivity contribution < 1.29 is 18.1 Å². The molecule has 27 heavy (non-hydrogen) atoms. The van der Waals surface area contributed by atoms with Gasteiger partial charge in [0.25, 0.3) is 5.69 Å². The van der Waals surface area contributed by atoms with Gasteiger partial charge >= 0.3 is 0 Å². The van der Waals surface area contributed by atoms with E-state index in [0.717, 1.165) is 17.6 Å². The molecule has 0 aliphatic carbocycles. The van der Waals surface area contributed by atoms with E-state index in [9.17, 15) is 18.5 Å². The zero-order chi connectivity index (χ0) is 19.4. The highest BCUT2D eigenvalue weighted by molar-refractivity contribution is 7.89. The predicted molar refractivity (Wildman–Crippen MR) is 96.9 cm³/mol. The normalized spacial score (nSPS) is 14.9. The van der Waals surface area contributed by atoms with Gasteiger partial charge in [-0.15, -0.1) is 0 Å². The Bertz CT molecular complexity index is 944. The van der Waals surface area contributed by atoms with Gasteiger partial charge in [-0.05, 0) is 13.0 Å². The van der Waals surface area contributed by atoms with Crippen LogP contribution in [0.25, 0.3) is 0 Å². The summed E-state index contributed by atoms with van der Waals surface area (Å²) in [6, 6.07) is 6.71. The lowest BCUT2D eigenvalue weighted by Crippen LogP contribution is -2.37. The van der Waals surface area contributed by atoms with Crippen molar-refractivity contribution in [3.63, 3.8) is 0 Å². The average molecular weight is 393 g/mol. The Morgan fingerprint density at radius 3 is 2.70 bits per heavy atom. The quantitative estimate of drug-likeness (QED) is 0.569. The molecule has 11 heteroatoms. The Morgan fingerprint density at radius 1 is 1.26 bits per heavy atom. The van der Waals surface area contributed by atoms with Gasteiger partial charge in [-0.25, -0.2) is 23.1 Å². The lowest BCUT2D eigenvalue weighted by atomic mass is 10.3. The molecule has 0 atom stereocenters. The Labute approximate surface area is 156 Å². The fourth-order valence-electron chi connectivity index (χ4n) is 2.65. The molecule has 1 aliphatic heterocycles. The maximum Gasteiger partial charge on any atom is 0.270 e. The van der Waals surface area contributed by atoms with Crippen molar-refractivity contribution in [3.8, 4) is 0 Å². The van der Waals surface area contributed by atoms with E-state index in [-0.39, 0.29) is 17.1 Å². The molecular formula is C16H19N5O5S. The van der Waals surface area contributed by atoms with Gasteiger partial charge in [0.1, 0.15) is 11.6 Å². The number of benzene rings is 1. The molecule has 0 radical (unpaired) electrons. The average Bonchev–Trinajstić information content (AvgIpc) is 2.67. The van der Waals surface area contributed by atoms with Crippen molar-refractivity contribution in [1.82, 2.24) is 14.7 Å². The van der Waals surface area contributed by atoms with Crippen molar-refractivity contribution in [2.24, 2.45) is 0 Å². The van der Waals surface area contributed by atoms with Crippen LogP contribution >= 0.6 is 0 Å². The number of aromatic nitrogens is 2. The number of non-ortho nitro benzene ring substituents is 1. The summed E-state index contributed by atoms with van der Waals surface area (Å²) in [4.78, 5) is 20.8. The lowest BCUT2D eigenvalue weighted by Gasteiger charge is -2.28. The molecule has 1 aromatic heterocycles. The Balaban J connectivity index is 1.76. The first-order chi connectivity index (χ1) is 12.8. The lowest BCUT2D eigenvalue weighted by molar-refractivity contribution is -0.385. The van der Waals surface area contributed by atoms with Crippen LogP contribution in [0, 0.1) is 17.0 Å². The topological polar surface area (TPSA) is 128 Å². The number of nitro benzene ring substituents is 1. The summed E-state index contributed by atoms with van der Waals surface area (Å²) in [5, 5.41) is 10.8. The largest absolute Gasteiger partial charge is 0.378 e. The summed E-state index contributed by atoms with van der Waals surface area (Å²) in [5.74, 6) is 1.04. The monoisotopic (exact) mass is 393 g/mol. The third-order valence-electron chi connectivity index (χ3n) is 3.98. The number of sulfonamides is 1. The van der Waals surface area contributed by atoms with Crippen LogP contribution in [0.3, 0.4) is 0 Å². The number of morpholine rings is 1. The van der Waals surface area contributed by atoms with Crippen molar-refractivity contribution >= 4 is 21.5 Å². The predicted octanol–water partition coefficient (Wildman–Crippen LogP) is 1.01. The molecule has 2 heterocycles. The summed E-state index contributed by atoms with van der Waals surface area (Å²) in [7, 11) is -3.93. The van der Waals surface area contributed by atoms with Crippen molar-refractivity contribution in [2.45, 2.75) is 18.4 Å². The number of rotatable bonds is 6. The van der Waals surface area contributed by atoms with Gasteiger partial charge in [-0.2, -0.15) is 0 Å². The second-order valence-corrected chi connectivity index (χ2v) is 7.73. The van der Waals surface area contributed by atoms with Crippen LogP contribution in [0.2, 0.25) is 0 Å². The van der Waals surface area contributed by atoms with Gasteiger partial charge in [0.15, 0.2) is 0 Å². The molecule has 3 rings (SSSR count). The van der Waals surface area contributed by atoms with Gasteiger partial charge in [0.05, 0.1) is 29.6 Å². The van der Waals surface area contributed by atoms with E-state index in [1.807, 2.05) is 13.0 Å². The van der Waals surface area contributed by atoms with Crippen LogP contribution in [-0.2, 0) is 21.3 Å². The van der Waals surface area contributed by atoms with Crippen LogP contribution in [0.5, 0.6) is 0 Å². The highest BCUT2D eigenvalue weighted by atomic mass is 32.2. The third-order valence-corrected chi connectivity index (χ3v) is 5.38. The van der Waals surface area contributed by atoms with E-state index in [4.69, 9.17) is 4.74 Å². The molecule has 0 unspecified atom stereocenters. The number of nitrogens with zero attached hydrogens (tertiary/aromatic N) is 4. The summed E-state index contributed by atoms with van der Waals surface area (Å²) in [6.45, 7) is 4.31. The fourth-order valence-corrected chi connectivity index (χ4v) is 3.67. The fraction of sp³-hybridized carbons (Fsp3) is 0.375. The SMILES string of the molecule is Cc1cc(N2CCOCC2)nc(CNS(=O)(=O)c2cccc([N+](=O)[O-])c2)n1. The van der Waals surface area contributed by atoms with E-state index in [1.165, 1.54) is 18.2 Å². The van der Waals surface area contributed by atoms with Crippen LogP contribution < -0.4 is 9.62 Å². The molecule has 1 aliphatic rings. The number of anilines is 1. The smallest absolute Gasteiger partial charge is 0.270 e. The molecule has 0 bridgehead atoms. The summed E-state index contributed by atoms with van der Waals surface area (Å²) < 4.78 is 32.6. The van der Waals surface area contributed by atoms with Gasteiger partial charge in [0, 0.05) is 37.0 Å². The van der Waals surface area contributed by atoms with Gasteiger partial charge in [0.2, 0.25) is 10.0 Å².